The maximum Gasteiger partial charge on any atom is 0.256 e. The Morgan fingerprint density at radius 3 is 2.83 bits per heavy atom. The summed E-state index contributed by atoms with van der Waals surface area (Å²) in [7, 11) is 0. The quantitative estimate of drug-likeness (QED) is 0.847. The summed E-state index contributed by atoms with van der Waals surface area (Å²) in [6, 6.07) is 9.85. The second-order valence-electron chi connectivity index (χ2n) is 4.87. The summed E-state index contributed by atoms with van der Waals surface area (Å²) in [5.41, 5.74) is 0.974. The Morgan fingerprint density at radius 2 is 2.11 bits per heavy atom. The van der Waals surface area contributed by atoms with Crippen molar-refractivity contribution in [2.45, 2.75) is 12.5 Å². The van der Waals surface area contributed by atoms with Gasteiger partial charge in [0.2, 0.25) is 0 Å². The zero-order valence-electron chi connectivity index (χ0n) is 10.3. The molecule has 18 heavy (non-hydrogen) atoms. The first-order valence-corrected chi connectivity index (χ1v) is 6.55. The van der Waals surface area contributed by atoms with E-state index in [0.717, 1.165) is 25.2 Å². The van der Waals surface area contributed by atoms with E-state index in [0.29, 0.717) is 19.1 Å². The van der Waals surface area contributed by atoms with Gasteiger partial charge in [-0.05, 0) is 25.1 Å². The van der Waals surface area contributed by atoms with Crippen molar-refractivity contribution < 1.29 is 9.53 Å². The van der Waals surface area contributed by atoms with Gasteiger partial charge in [-0.2, -0.15) is 0 Å². The Bertz CT molecular complexity index is 415. The number of benzene rings is 1. The highest BCUT2D eigenvalue weighted by Gasteiger charge is 2.37. The van der Waals surface area contributed by atoms with Gasteiger partial charge in [-0.1, -0.05) is 18.2 Å². The number of amides is 1. The summed E-state index contributed by atoms with van der Waals surface area (Å²) in [6.07, 6.45) is 0.757. The Labute approximate surface area is 107 Å². The zero-order valence-corrected chi connectivity index (χ0v) is 10.3. The highest BCUT2D eigenvalue weighted by molar-refractivity contribution is 5.97. The third kappa shape index (κ3) is 2.13. The summed E-state index contributed by atoms with van der Waals surface area (Å²) in [4.78, 5) is 14.3. The van der Waals surface area contributed by atoms with Gasteiger partial charge in [0.1, 0.15) is 6.10 Å². The summed E-state index contributed by atoms with van der Waals surface area (Å²) >= 11 is 0. The molecule has 3 rings (SSSR count). The SMILES string of the molecule is O=C1C(C2CCNC2)OCCN1c1ccccc1. The molecule has 0 radical (unpaired) electrons. The van der Waals surface area contributed by atoms with Crippen LogP contribution in [0.3, 0.4) is 0 Å². The van der Waals surface area contributed by atoms with Crippen LogP contribution in [0.5, 0.6) is 0 Å². The molecule has 96 valence electrons. The average Bonchev–Trinajstić information content (AvgIpc) is 2.94. The molecule has 0 aliphatic carbocycles. The molecule has 0 aromatic heterocycles. The number of hydrogen-bond donors (Lipinski definition) is 1. The molecule has 2 heterocycles. The second kappa shape index (κ2) is 5.08. The Hall–Kier alpha value is -1.39. The van der Waals surface area contributed by atoms with Crippen LogP contribution in [0.4, 0.5) is 5.69 Å². The van der Waals surface area contributed by atoms with Gasteiger partial charge in [0.15, 0.2) is 0 Å². The van der Waals surface area contributed by atoms with E-state index in [1.807, 2.05) is 35.2 Å². The predicted octanol–water partition coefficient (Wildman–Crippen LogP) is 1.03. The lowest BCUT2D eigenvalue weighted by atomic mass is 9.99. The number of carbonyl (C=O) groups is 1. The highest BCUT2D eigenvalue weighted by Crippen LogP contribution is 2.24. The van der Waals surface area contributed by atoms with Gasteiger partial charge in [-0.15, -0.1) is 0 Å². The maximum atomic E-state index is 12.5. The predicted molar refractivity (Wildman–Crippen MR) is 69.5 cm³/mol. The zero-order chi connectivity index (χ0) is 12.4. The molecule has 4 heteroatoms. The van der Waals surface area contributed by atoms with Gasteiger partial charge in [0.25, 0.3) is 5.91 Å². The van der Waals surface area contributed by atoms with Crippen LogP contribution in [-0.2, 0) is 9.53 Å². The number of rotatable bonds is 2. The van der Waals surface area contributed by atoms with Gasteiger partial charge in [0.05, 0.1) is 6.61 Å². The standard InChI is InChI=1S/C14H18N2O2/c17-14-13(11-6-7-15-10-11)18-9-8-16(14)12-4-2-1-3-5-12/h1-5,11,13,15H,6-10H2. The largest absolute Gasteiger partial charge is 0.366 e. The number of anilines is 1. The van der Waals surface area contributed by atoms with Crippen molar-refractivity contribution in [1.82, 2.24) is 5.32 Å². The molecule has 4 nitrogen and oxygen atoms in total. The third-order valence-corrected chi connectivity index (χ3v) is 3.72. The van der Waals surface area contributed by atoms with Crippen LogP contribution in [-0.4, -0.2) is 38.3 Å². The minimum Gasteiger partial charge on any atom is -0.366 e. The van der Waals surface area contributed by atoms with Crippen LogP contribution in [0.2, 0.25) is 0 Å². The van der Waals surface area contributed by atoms with E-state index >= 15 is 0 Å². The molecule has 2 atom stereocenters. The molecule has 2 unspecified atom stereocenters. The molecule has 1 aromatic rings. The number of morpholine rings is 1. The number of ether oxygens (including phenoxy) is 1. The van der Waals surface area contributed by atoms with Crippen molar-refractivity contribution in [1.29, 1.82) is 0 Å². The van der Waals surface area contributed by atoms with E-state index in [-0.39, 0.29) is 12.0 Å². The second-order valence-corrected chi connectivity index (χ2v) is 4.87. The number of para-hydroxylation sites is 1. The summed E-state index contributed by atoms with van der Waals surface area (Å²) < 4.78 is 5.69. The van der Waals surface area contributed by atoms with E-state index < -0.39 is 0 Å². The molecule has 0 spiro atoms. The minimum absolute atomic E-state index is 0.112. The number of carbonyl (C=O) groups excluding carboxylic acids is 1. The van der Waals surface area contributed by atoms with Gasteiger partial charge in [-0.25, -0.2) is 0 Å². The van der Waals surface area contributed by atoms with Crippen LogP contribution >= 0.6 is 0 Å². The number of nitrogens with one attached hydrogen (secondary N) is 1. The van der Waals surface area contributed by atoms with Crippen molar-refractivity contribution in [2.24, 2.45) is 5.92 Å². The van der Waals surface area contributed by atoms with Crippen molar-refractivity contribution in [3.63, 3.8) is 0 Å². The molecule has 0 saturated carbocycles. The van der Waals surface area contributed by atoms with Gasteiger partial charge in [0, 0.05) is 24.7 Å². The Balaban J connectivity index is 1.78. The van der Waals surface area contributed by atoms with E-state index in [4.69, 9.17) is 4.74 Å². The van der Waals surface area contributed by atoms with Crippen molar-refractivity contribution in [3.05, 3.63) is 30.3 Å². The monoisotopic (exact) mass is 246 g/mol. The molecule has 0 bridgehead atoms. The molecular formula is C14H18N2O2. The van der Waals surface area contributed by atoms with E-state index in [1.54, 1.807) is 0 Å². The van der Waals surface area contributed by atoms with Gasteiger partial charge in [-0.3, -0.25) is 4.79 Å². The minimum atomic E-state index is -0.269. The van der Waals surface area contributed by atoms with Crippen LogP contribution in [0.25, 0.3) is 0 Å². The fourth-order valence-corrected chi connectivity index (χ4v) is 2.74. The molecule has 2 aliphatic heterocycles. The maximum absolute atomic E-state index is 12.5. The number of hydrogen-bond acceptors (Lipinski definition) is 3. The molecule has 2 aliphatic rings. The molecule has 1 amide bonds. The summed E-state index contributed by atoms with van der Waals surface area (Å²) in [6.45, 7) is 3.16. The van der Waals surface area contributed by atoms with E-state index in [1.165, 1.54) is 0 Å². The fraction of sp³-hybridized carbons (Fsp3) is 0.500. The molecular weight excluding hydrogens is 228 g/mol. The molecule has 2 fully saturated rings. The molecule has 1 N–H and O–H groups in total. The first-order valence-electron chi connectivity index (χ1n) is 6.55. The van der Waals surface area contributed by atoms with Gasteiger partial charge >= 0.3 is 0 Å². The molecule has 1 aromatic carbocycles. The smallest absolute Gasteiger partial charge is 0.256 e. The Kier molecular flexibility index (Phi) is 3.30. The van der Waals surface area contributed by atoms with Crippen LogP contribution in [0, 0.1) is 5.92 Å². The van der Waals surface area contributed by atoms with Crippen LogP contribution in [0.15, 0.2) is 30.3 Å². The third-order valence-electron chi connectivity index (χ3n) is 3.72. The normalized spacial score (nSPS) is 28.7. The van der Waals surface area contributed by atoms with Gasteiger partial charge < -0.3 is 15.0 Å². The van der Waals surface area contributed by atoms with Crippen molar-refractivity contribution >= 4 is 11.6 Å². The first kappa shape index (κ1) is 11.7. The van der Waals surface area contributed by atoms with Crippen LogP contribution < -0.4 is 10.2 Å². The summed E-state index contributed by atoms with van der Waals surface area (Å²) in [5.74, 6) is 0.435. The highest BCUT2D eigenvalue weighted by atomic mass is 16.5. The summed E-state index contributed by atoms with van der Waals surface area (Å²) in [5, 5.41) is 3.29. The van der Waals surface area contributed by atoms with E-state index in [9.17, 15) is 4.79 Å². The average molecular weight is 246 g/mol. The number of nitrogens with zero attached hydrogens (tertiary/aromatic N) is 1. The first-order chi connectivity index (χ1) is 8.86. The fourth-order valence-electron chi connectivity index (χ4n) is 2.74. The Morgan fingerprint density at radius 1 is 1.28 bits per heavy atom. The van der Waals surface area contributed by atoms with Crippen LogP contribution in [0.1, 0.15) is 6.42 Å². The molecule has 2 saturated heterocycles. The lowest BCUT2D eigenvalue weighted by Gasteiger charge is -2.34. The van der Waals surface area contributed by atoms with Crippen molar-refractivity contribution in [3.8, 4) is 0 Å². The lowest BCUT2D eigenvalue weighted by Crippen LogP contribution is -2.51. The van der Waals surface area contributed by atoms with Crippen molar-refractivity contribution in [2.75, 3.05) is 31.1 Å². The topological polar surface area (TPSA) is 41.6 Å². The van der Waals surface area contributed by atoms with E-state index in [2.05, 4.69) is 5.32 Å². The lowest BCUT2D eigenvalue weighted by molar-refractivity contribution is -0.137.